The molecule has 3 aromatic rings. The number of methoxy groups -OCH3 is 1. The first kappa shape index (κ1) is 17.8. The quantitative estimate of drug-likeness (QED) is 0.730. The van der Waals surface area contributed by atoms with Gasteiger partial charge in [0.2, 0.25) is 5.91 Å². The summed E-state index contributed by atoms with van der Waals surface area (Å²) >= 11 is 1.70. The SMILES string of the molecule is COc1ccc(CNC(=O)[C@H]2CCCN(c3nc4ccccc4s3)C2)cc1. The third-order valence-electron chi connectivity index (χ3n) is 4.97. The van der Waals surface area contributed by atoms with Crippen molar-refractivity contribution in [2.24, 2.45) is 5.92 Å². The van der Waals surface area contributed by atoms with Crippen LogP contribution in [0.1, 0.15) is 18.4 Å². The van der Waals surface area contributed by atoms with Crippen molar-refractivity contribution < 1.29 is 9.53 Å². The number of anilines is 1. The Labute approximate surface area is 163 Å². The monoisotopic (exact) mass is 381 g/mol. The van der Waals surface area contributed by atoms with Gasteiger partial charge in [0.15, 0.2) is 5.13 Å². The van der Waals surface area contributed by atoms with Crippen LogP contribution in [0.4, 0.5) is 5.13 Å². The van der Waals surface area contributed by atoms with E-state index in [0.29, 0.717) is 6.54 Å². The number of thiazole rings is 1. The molecule has 27 heavy (non-hydrogen) atoms. The van der Waals surface area contributed by atoms with E-state index < -0.39 is 0 Å². The lowest BCUT2D eigenvalue weighted by atomic mass is 9.97. The standard InChI is InChI=1S/C21H23N3O2S/c1-26-17-10-8-15(9-11-17)13-22-20(25)16-5-4-12-24(14-16)21-23-18-6-2-3-7-19(18)27-21/h2-3,6-11,16H,4-5,12-14H2,1H3,(H,22,25)/t16-/m0/s1. The van der Waals surface area contributed by atoms with Crippen molar-refractivity contribution in [1.29, 1.82) is 0 Å². The summed E-state index contributed by atoms with van der Waals surface area (Å²) in [6.45, 7) is 2.23. The van der Waals surface area contributed by atoms with Crippen molar-refractivity contribution in [1.82, 2.24) is 10.3 Å². The summed E-state index contributed by atoms with van der Waals surface area (Å²) < 4.78 is 6.36. The topological polar surface area (TPSA) is 54.5 Å². The van der Waals surface area contributed by atoms with E-state index in [0.717, 1.165) is 47.9 Å². The zero-order valence-corrected chi connectivity index (χ0v) is 16.2. The molecule has 140 valence electrons. The van der Waals surface area contributed by atoms with Gasteiger partial charge in [-0.1, -0.05) is 35.6 Å². The highest BCUT2D eigenvalue weighted by Crippen LogP contribution is 2.31. The maximum atomic E-state index is 12.7. The molecule has 1 fully saturated rings. The van der Waals surface area contributed by atoms with Gasteiger partial charge in [-0.25, -0.2) is 4.98 Å². The van der Waals surface area contributed by atoms with E-state index in [9.17, 15) is 4.79 Å². The highest BCUT2D eigenvalue weighted by atomic mass is 32.1. The molecule has 0 saturated carbocycles. The molecule has 5 nitrogen and oxygen atoms in total. The molecule has 1 N–H and O–H groups in total. The second-order valence-corrected chi connectivity index (χ2v) is 7.82. The van der Waals surface area contributed by atoms with Crippen LogP contribution in [0.5, 0.6) is 5.75 Å². The molecule has 0 radical (unpaired) electrons. The fourth-order valence-corrected chi connectivity index (χ4v) is 4.44. The zero-order chi connectivity index (χ0) is 18.6. The Morgan fingerprint density at radius 1 is 1.26 bits per heavy atom. The molecule has 0 aliphatic carbocycles. The van der Waals surface area contributed by atoms with Crippen LogP contribution in [0, 0.1) is 5.92 Å². The van der Waals surface area contributed by atoms with Crippen molar-refractivity contribution in [3.8, 4) is 5.75 Å². The Bertz CT molecular complexity index is 890. The average Bonchev–Trinajstić information content (AvgIpc) is 3.17. The van der Waals surface area contributed by atoms with Crippen LogP contribution < -0.4 is 15.0 Å². The zero-order valence-electron chi connectivity index (χ0n) is 15.4. The number of benzene rings is 2. The number of hydrogen-bond donors (Lipinski definition) is 1. The molecule has 1 aliphatic heterocycles. The van der Waals surface area contributed by atoms with E-state index in [1.165, 1.54) is 4.70 Å². The van der Waals surface area contributed by atoms with Crippen LogP contribution in [-0.2, 0) is 11.3 Å². The summed E-state index contributed by atoms with van der Waals surface area (Å²) in [7, 11) is 1.65. The predicted molar refractivity (Wildman–Crippen MR) is 109 cm³/mol. The molecular formula is C21H23N3O2S. The summed E-state index contributed by atoms with van der Waals surface area (Å²) in [5.74, 6) is 0.949. The van der Waals surface area contributed by atoms with E-state index in [4.69, 9.17) is 9.72 Å². The van der Waals surface area contributed by atoms with E-state index in [2.05, 4.69) is 16.3 Å². The molecule has 0 bridgehead atoms. The van der Waals surface area contributed by atoms with Gasteiger partial charge < -0.3 is 15.0 Å². The van der Waals surface area contributed by atoms with Crippen molar-refractivity contribution in [3.63, 3.8) is 0 Å². The van der Waals surface area contributed by atoms with Crippen LogP contribution in [0.15, 0.2) is 48.5 Å². The highest BCUT2D eigenvalue weighted by molar-refractivity contribution is 7.22. The number of piperidine rings is 1. The molecule has 1 aromatic heterocycles. The minimum absolute atomic E-state index is 0.00371. The maximum Gasteiger partial charge on any atom is 0.225 e. The lowest BCUT2D eigenvalue weighted by Gasteiger charge is -2.31. The van der Waals surface area contributed by atoms with Crippen molar-refractivity contribution in [3.05, 3.63) is 54.1 Å². The summed E-state index contributed by atoms with van der Waals surface area (Å²) in [6, 6.07) is 16.0. The molecule has 1 aliphatic rings. The molecule has 0 spiro atoms. The number of para-hydroxylation sites is 1. The van der Waals surface area contributed by atoms with Gasteiger partial charge >= 0.3 is 0 Å². The van der Waals surface area contributed by atoms with Crippen LogP contribution in [0.2, 0.25) is 0 Å². The minimum atomic E-state index is 0.00371. The number of fused-ring (bicyclic) bond motifs is 1. The maximum absolute atomic E-state index is 12.7. The Balaban J connectivity index is 1.37. The number of carbonyl (C=O) groups is 1. The van der Waals surface area contributed by atoms with Crippen LogP contribution in [0.25, 0.3) is 10.2 Å². The molecule has 0 unspecified atom stereocenters. The van der Waals surface area contributed by atoms with Crippen molar-refractivity contribution in [2.75, 3.05) is 25.1 Å². The Morgan fingerprint density at radius 3 is 2.85 bits per heavy atom. The van der Waals surface area contributed by atoms with Crippen LogP contribution in [-0.4, -0.2) is 31.1 Å². The fourth-order valence-electron chi connectivity index (χ4n) is 3.44. The van der Waals surface area contributed by atoms with Gasteiger partial charge in [0.05, 0.1) is 23.2 Å². The van der Waals surface area contributed by atoms with Crippen molar-refractivity contribution in [2.45, 2.75) is 19.4 Å². The van der Waals surface area contributed by atoms with Gasteiger partial charge in [-0.05, 0) is 42.7 Å². The fraction of sp³-hybridized carbons (Fsp3) is 0.333. The molecular weight excluding hydrogens is 358 g/mol. The van der Waals surface area contributed by atoms with Gasteiger partial charge in [0.1, 0.15) is 5.75 Å². The smallest absolute Gasteiger partial charge is 0.225 e. The summed E-state index contributed by atoms with van der Waals surface area (Å²) in [5.41, 5.74) is 2.10. The van der Waals surface area contributed by atoms with Crippen LogP contribution in [0.3, 0.4) is 0 Å². The molecule has 1 atom stereocenters. The number of nitrogens with one attached hydrogen (secondary N) is 1. The van der Waals surface area contributed by atoms with Crippen LogP contribution >= 0.6 is 11.3 Å². The number of nitrogens with zero attached hydrogens (tertiary/aromatic N) is 2. The molecule has 6 heteroatoms. The van der Waals surface area contributed by atoms with E-state index >= 15 is 0 Å². The number of amides is 1. The summed E-state index contributed by atoms with van der Waals surface area (Å²) in [5, 5.41) is 4.10. The second kappa shape index (κ2) is 7.96. The lowest BCUT2D eigenvalue weighted by Crippen LogP contribution is -2.42. The first-order chi connectivity index (χ1) is 13.2. The number of ether oxygens (including phenoxy) is 1. The number of aromatic nitrogens is 1. The third kappa shape index (κ3) is 4.06. The normalized spacial score (nSPS) is 17.1. The first-order valence-electron chi connectivity index (χ1n) is 9.24. The van der Waals surface area contributed by atoms with E-state index in [1.807, 2.05) is 42.5 Å². The van der Waals surface area contributed by atoms with Gasteiger partial charge in [-0.15, -0.1) is 0 Å². The second-order valence-electron chi connectivity index (χ2n) is 6.82. The molecule has 4 rings (SSSR count). The molecule has 2 aromatic carbocycles. The Kier molecular flexibility index (Phi) is 5.25. The van der Waals surface area contributed by atoms with Gasteiger partial charge in [0.25, 0.3) is 0 Å². The summed E-state index contributed by atoms with van der Waals surface area (Å²) in [4.78, 5) is 19.7. The average molecular weight is 382 g/mol. The Morgan fingerprint density at radius 2 is 2.07 bits per heavy atom. The number of hydrogen-bond acceptors (Lipinski definition) is 5. The van der Waals surface area contributed by atoms with Crippen molar-refractivity contribution >= 4 is 32.6 Å². The highest BCUT2D eigenvalue weighted by Gasteiger charge is 2.27. The molecule has 1 saturated heterocycles. The van der Waals surface area contributed by atoms with Gasteiger partial charge in [0, 0.05) is 19.6 Å². The third-order valence-corrected chi connectivity index (χ3v) is 6.07. The molecule has 1 amide bonds. The molecule has 2 heterocycles. The van der Waals surface area contributed by atoms with Gasteiger partial charge in [-0.2, -0.15) is 0 Å². The summed E-state index contributed by atoms with van der Waals surface area (Å²) in [6.07, 6.45) is 1.94. The first-order valence-corrected chi connectivity index (χ1v) is 10.1. The Hall–Kier alpha value is -2.60. The van der Waals surface area contributed by atoms with E-state index in [-0.39, 0.29) is 11.8 Å². The number of rotatable bonds is 5. The lowest BCUT2D eigenvalue weighted by molar-refractivity contribution is -0.125. The predicted octanol–water partition coefficient (Wildman–Crippen LogP) is 3.84. The van der Waals surface area contributed by atoms with E-state index in [1.54, 1.807) is 18.4 Å². The largest absolute Gasteiger partial charge is 0.497 e. The number of carbonyl (C=O) groups excluding carboxylic acids is 1. The minimum Gasteiger partial charge on any atom is -0.497 e. The van der Waals surface area contributed by atoms with Gasteiger partial charge in [-0.3, -0.25) is 4.79 Å².